The van der Waals surface area contributed by atoms with Gasteiger partial charge in [-0.25, -0.2) is 9.48 Å². The molecule has 1 aromatic rings. The summed E-state index contributed by atoms with van der Waals surface area (Å²) < 4.78 is 1.85. The van der Waals surface area contributed by atoms with Crippen LogP contribution >= 0.6 is 0 Å². The van der Waals surface area contributed by atoms with E-state index in [2.05, 4.69) is 24.3 Å². The van der Waals surface area contributed by atoms with Crippen LogP contribution in [0.1, 0.15) is 46.1 Å². The molecular weight excluding hydrogens is 268 g/mol. The van der Waals surface area contributed by atoms with Gasteiger partial charge in [-0.2, -0.15) is 5.10 Å². The Hall–Kier alpha value is -1.56. The quantitative estimate of drug-likeness (QED) is 0.896. The Labute approximate surface area is 126 Å². The summed E-state index contributed by atoms with van der Waals surface area (Å²) in [5, 5.41) is 16.8. The molecule has 6 heteroatoms. The molecule has 2 unspecified atom stereocenters. The zero-order chi connectivity index (χ0) is 15.4. The van der Waals surface area contributed by atoms with Crippen molar-refractivity contribution < 1.29 is 9.90 Å². The molecule has 21 heavy (non-hydrogen) atoms. The minimum absolute atomic E-state index is 0.0795. The zero-order valence-corrected chi connectivity index (χ0v) is 13.1. The van der Waals surface area contributed by atoms with Crippen molar-refractivity contribution in [2.75, 3.05) is 18.4 Å². The van der Waals surface area contributed by atoms with Crippen LogP contribution in [0.2, 0.25) is 0 Å². The average Bonchev–Trinajstić information content (AvgIpc) is 2.94. The van der Waals surface area contributed by atoms with E-state index in [1.165, 1.54) is 0 Å². The number of nitrogens with zero attached hydrogens (tertiary/aromatic N) is 3. The van der Waals surface area contributed by atoms with Crippen molar-refractivity contribution in [3.63, 3.8) is 0 Å². The molecule has 0 spiro atoms. The Morgan fingerprint density at radius 1 is 1.48 bits per heavy atom. The Kier molecular flexibility index (Phi) is 5.22. The van der Waals surface area contributed by atoms with Gasteiger partial charge in [0.15, 0.2) is 0 Å². The molecule has 2 amide bonds. The van der Waals surface area contributed by atoms with Gasteiger partial charge in [0.25, 0.3) is 0 Å². The normalized spacial score (nSPS) is 19.3. The van der Waals surface area contributed by atoms with Gasteiger partial charge in [-0.05, 0) is 39.0 Å². The van der Waals surface area contributed by atoms with E-state index < -0.39 is 0 Å². The van der Waals surface area contributed by atoms with Crippen molar-refractivity contribution in [3.8, 4) is 0 Å². The molecule has 1 saturated heterocycles. The standard InChI is InChI=1S/C15H26N4O2/c1-4-11(2)19-14(5-8-16-19)17-15(21)18-9-6-13(7-10-18)12(3)20/h5,8,11-13,20H,4,6-7,9-10H2,1-3H3,(H,17,21). The number of likely N-dealkylation sites (tertiary alicyclic amines) is 1. The van der Waals surface area contributed by atoms with Crippen molar-refractivity contribution in [2.24, 2.45) is 5.92 Å². The molecule has 0 aromatic carbocycles. The summed E-state index contributed by atoms with van der Waals surface area (Å²) in [4.78, 5) is 14.1. The Bertz CT molecular complexity index is 464. The summed E-state index contributed by atoms with van der Waals surface area (Å²) in [6, 6.07) is 2.01. The van der Waals surface area contributed by atoms with E-state index >= 15 is 0 Å². The third-order valence-corrected chi connectivity index (χ3v) is 4.42. The van der Waals surface area contributed by atoms with Gasteiger partial charge in [0.05, 0.1) is 18.3 Å². The number of amides is 2. The number of rotatable bonds is 4. The number of aliphatic hydroxyl groups is 1. The third kappa shape index (κ3) is 3.75. The summed E-state index contributed by atoms with van der Waals surface area (Å²) in [6.45, 7) is 7.39. The van der Waals surface area contributed by atoms with Gasteiger partial charge in [0, 0.05) is 19.2 Å². The van der Waals surface area contributed by atoms with Crippen molar-refractivity contribution in [1.82, 2.24) is 14.7 Å². The van der Waals surface area contributed by atoms with Gasteiger partial charge in [-0.15, -0.1) is 0 Å². The van der Waals surface area contributed by atoms with Gasteiger partial charge in [-0.3, -0.25) is 5.32 Å². The first-order chi connectivity index (χ1) is 10.0. The van der Waals surface area contributed by atoms with Crippen LogP contribution in [0.4, 0.5) is 10.6 Å². The van der Waals surface area contributed by atoms with Gasteiger partial charge in [0.1, 0.15) is 5.82 Å². The fourth-order valence-corrected chi connectivity index (χ4v) is 2.71. The highest BCUT2D eigenvalue weighted by Gasteiger charge is 2.26. The summed E-state index contributed by atoms with van der Waals surface area (Å²) in [7, 11) is 0. The largest absolute Gasteiger partial charge is 0.393 e. The number of hydrogen-bond donors (Lipinski definition) is 2. The molecule has 2 heterocycles. The van der Waals surface area contributed by atoms with E-state index in [1.54, 1.807) is 6.20 Å². The van der Waals surface area contributed by atoms with Crippen LogP contribution in [-0.2, 0) is 0 Å². The maximum absolute atomic E-state index is 12.3. The second kappa shape index (κ2) is 6.93. The first kappa shape index (κ1) is 15.8. The maximum Gasteiger partial charge on any atom is 0.322 e. The van der Waals surface area contributed by atoms with E-state index in [-0.39, 0.29) is 18.2 Å². The zero-order valence-electron chi connectivity index (χ0n) is 13.1. The molecule has 0 radical (unpaired) electrons. The highest BCUT2D eigenvalue weighted by Crippen LogP contribution is 2.22. The average molecular weight is 294 g/mol. The second-order valence-electron chi connectivity index (χ2n) is 5.91. The summed E-state index contributed by atoms with van der Waals surface area (Å²) in [5.74, 6) is 1.05. The molecule has 2 atom stereocenters. The number of aromatic nitrogens is 2. The molecule has 0 saturated carbocycles. The number of aliphatic hydroxyl groups excluding tert-OH is 1. The van der Waals surface area contributed by atoms with Crippen molar-refractivity contribution >= 4 is 11.8 Å². The number of nitrogens with one attached hydrogen (secondary N) is 1. The Balaban J connectivity index is 1.92. The first-order valence-corrected chi connectivity index (χ1v) is 7.80. The van der Waals surface area contributed by atoms with Crippen molar-refractivity contribution in [1.29, 1.82) is 0 Å². The SMILES string of the molecule is CCC(C)n1nccc1NC(=O)N1CCC(C(C)O)CC1. The van der Waals surface area contributed by atoms with Gasteiger partial charge in [-0.1, -0.05) is 6.92 Å². The van der Waals surface area contributed by atoms with E-state index in [4.69, 9.17) is 0 Å². The Morgan fingerprint density at radius 3 is 2.71 bits per heavy atom. The summed E-state index contributed by atoms with van der Waals surface area (Å²) in [6.07, 6.45) is 4.10. The molecule has 1 aliphatic heterocycles. The van der Waals surface area contributed by atoms with Gasteiger partial charge >= 0.3 is 6.03 Å². The minimum atomic E-state index is -0.290. The molecule has 118 valence electrons. The number of anilines is 1. The highest BCUT2D eigenvalue weighted by molar-refractivity contribution is 5.88. The van der Waals surface area contributed by atoms with Crippen LogP contribution in [0.3, 0.4) is 0 Å². The summed E-state index contributed by atoms with van der Waals surface area (Å²) in [5.41, 5.74) is 0. The molecule has 2 N–H and O–H groups in total. The van der Waals surface area contributed by atoms with Crippen molar-refractivity contribution in [3.05, 3.63) is 12.3 Å². The number of carbonyl (C=O) groups is 1. The number of hydrogen-bond acceptors (Lipinski definition) is 3. The lowest BCUT2D eigenvalue weighted by Gasteiger charge is -2.33. The molecule has 0 bridgehead atoms. The lowest BCUT2D eigenvalue weighted by atomic mass is 9.92. The third-order valence-electron chi connectivity index (χ3n) is 4.42. The van der Waals surface area contributed by atoms with Gasteiger partial charge < -0.3 is 10.0 Å². The van der Waals surface area contributed by atoms with Crippen molar-refractivity contribution in [2.45, 2.75) is 52.2 Å². The van der Waals surface area contributed by atoms with E-state index in [1.807, 2.05) is 22.6 Å². The molecule has 1 aliphatic rings. The minimum Gasteiger partial charge on any atom is -0.393 e. The van der Waals surface area contributed by atoms with E-state index in [0.717, 1.165) is 25.1 Å². The molecule has 2 rings (SSSR count). The molecule has 1 fully saturated rings. The Morgan fingerprint density at radius 2 is 2.14 bits per heavy atom. The fourth-order valence-electron chi connectivity index (χ4n) is 2.71. The van der Waals surface area contributed by atoms with Crippen LogP contribution in [0, 0.1) is 5.92 Å². The molecular formula is C15H26N4O2. The van der Waals surface area contributed by atoms with Gasteiger partial charge in [0.2, 0.25) is 0 Å². The van der Waals surface area contributed by atoms with E-state index in [9.17, 15) is 9.90 Å². The lowest BCUT2D eigenvalue weighted by molar-refractivity contribution is 0.0820. The van der Waals surface area contributed by atoms with E-state index in [0.29, 0.717) is 19.0 Å². The predicted molar refractivity (Wildman–Crippen MR) is 82.2 cm³/mol. The molecule has 6 nitrogen and oxygen atoms in total. The van der Waals surface area contributed by atoms with Crippen LogP contribution in [-0.4, -0.2) is 45.0 Å². The molecule has 0 aliphatic carbocycles. The van der Waals surface area contributed by atoms with Crippen LogP contribution in [0.25, 0.3) is 0 Å². The topological polar surface area (TPSA) is 70.4 Å². The number of carbonyl (C=O) groups excluding carboxylic acids is 1. The van der Waals surface area contributed by atoms with Crippen LogP contribution in [0.15, 0.2) is 12.3 Å². The molecule has 1 aromatic heterocycles. The summed E-state index contributed by atoms with van der Waals surface area (Å²) >= 11 is 0. The maximum atomic E-state index is 12.3. The number of urea groups is 1. The second-order valence-corrected chi connectivity index (χ2v) is 5.91. The lowest BCUT2D eigenvalue weighted by Crippen LogP contribution is -2.43. The van der Waals surface area contributed by atoms with Crippen LogP contribution in [0.5, 0.6) is 0 Å². The predicted octanol–water partition coefficient (Wildman–Crippen LogP) is 2.48. The highest BCUT2D eigenvalue weighted by atomic mass is 16.3. The van der Waals surface area contributed by atoms with Crippen LogP contribution < -0.4 is 5.32 Å². The number of piperidine rings is 1. The fraction of sp³-hybridized carbons (Fsp3) is 0.733. The first-order valence-electron chi connectivity index (χ1n) is 7.80. The smallest absolute Gasteiger partial charge is 0.322 e. The monoisotopic (exact) mass is 294 g/mol.